The van der Waals surface area contributed by atoms with Gasteiger partial charge in [-0.25, -0.2) is 0 Å². The molecular formula is C35H42O21. The summed E-state index contributed by atoms with van der Waals surface area (Å²) in [4.78, 5) is 25.9. The van der Waals surface area contributed by atoms with Gasteiger partial charge in [0.2, 0.25) is 23.8 Å². The topological polar surface area (TPSA) is 334 Å². The highest BCUT2D eigenvalue weighted by Crippen LogP contribution is 2.39. The summed E-state index contributed by atoms with van der Waals surface area (Å²) in [6, 6.07) is 7.14. The summed E-state index contributed by atoms with van der Waals surface area (Å²) in [6.45, 7) is 1.06. The van der Waals surface area contributed by atoms with E-state index < -0.39 is 134 Å². The Hall–Kier alpha value is -4.20. The zero-order valence-electron chi connectivity index (χ0n) is 29.5. The van der Waals surface area contributed by atoms with Crippen molar-refractivity contribution in [3.63, 3.8) is 0 Å². The summed E-state index contributed by atoms with van der Waals surface area (Å²) in [5.41, 5.74) is -1.35. The Balaban J connectivity index is 1.42. The molecule has 0 amide bonds. The summed E-state index contributed by atoms with van der Waals surface area (Å²) in [5.74, 6) is -3.11. The molecule has 21 heteroatoms. The molecule has 3 fully saturated rings. The molecule has 4 heterocycles. The number of rotatable bonds is 10. The van der Waals surface area contributed by atoms with Gasteiger partial charge in [-0.05, 0) is 31.2 Å². The van der Waals surface area contributed by atoms with Gasteiger partial charge in [0.15, 0.2) is 18.2 Å². The lowest BCUT2D eigenvalue weighted by atomic mass is 9.97. The standard InChI is InChI=1S/C35H42O21/c1-11-21(40)25(44)28(47)33(50-11)56-32-27(46)23(42)19(10-49-12(2)37)54-35(32)55-31-24(43)20-16(39)7-15(51-34-29(48)26(45)22(41)18(9-36)53-34)8-17(20)52-30(31)13-3-5-14(38)6-4-13/h3-8,11,18-19,21-23,25-29,32-36,38-42,44-48H,9-10H2,1-2H3/t11-,18-,19+,21+,22-,23+,25-,26-,27-,28-,29+,32+,33+,34-,35-/m1/s1. The van der Waals surface area contributed by atoms with E-state index in [0.29, 0.717) is 0 Å². The Morgan fingerprint density at radius 3 is 2.02 bits per heavy atom. The van der Waals surface area contributed by atoms with Crippen LogP contribution in [0, 0.1) is 0 Å². The Morgan fingerprint density at radius 1 is 0.732 bits per heavy atom. The van der Waals surface area contributed by atoms with Crippen LogP contribution in [0.1, 0.15) is 13.8 Å². The number of phenolic OH excluding ortho intramolecular Hbond substituents is 2. The number of carbonyl (C=O) groups is 1. The molecule has 11 N–H and O–H groups in total. The number of aliphatic hydroxyl groups is 9. The van der Waals surface area contributed by atoms with Crippen LogP contribution in [0.3, 0.4) is 0 Å². The normalized spacial score (nSPS) is 36.2. The summed E-state index contributed by atoms with van der Waals surface area (Å²) in [5, 5.41) is 114. The third-order valence-electron chi connectivity index (χ3n) is 9.57. The van der Waals surface area contributed by atoms with E-state index in [9.17, 15) is 65.8 Å². The van der Waals surface area contributed by atoms with Crippen molar-refractivity contribution in [1.29, 1.82) is 0 Å². The highest BCUT2D eigenvalue weighted by Gasteiger charge is 2.52. The first kappa shape index (κ1) is 41.4. The third-order valence-corrected chi connectivity index (χ3v) is 9.57. The van der Waals surface area contributed by atoms with Crippen LogP contribution in [0.2, 0.25) is 0 Å². The van der Waals surface area contributed by atoms with E-state index in [4.69, 9.17) is 37.6 Å². The molecule has 0 spiro atoms. The van der Waals surface area contributed by atoms with Crippen molar-refractivity contribution in [2.45, 2.75) is 106 Å². The minimum Gasteiger partial charge on any atom is -0.508 e. The lowest BCUT2D eigenvalue weighted by molar-refractivity contribution is -0.354. The highest BCUT2D eigenvalue weighted by atomic mass is 16.8. The number of phenols is 2. The van der Waals surface area contributed by atoms with Gasteiger partial charge in [0, 0.05) is 24.6 Å². The summed E-state index contributed by atoms with van der Waals surface area (Å²) in [7, 11) is 0. The van der Waals surface area contributed by atoms with E-state index in [1.54, 1.807) is 0 Å². The van der Waals surface area contributed by atoms with Gasteiger partial charge < -0.3 is 93.7 Å². The zero-order chi connectivity index (χ0) is 40.7. The molecule has 56 heavy (non-hydrogen) atoms. The average Bonchev–Trinajstić information content (AvgIpc) is 3.16. The van der Waals surface area contributed by atoms with Crippen LogP contribution in [-0.4, -0.2) is 167 Å². The molecule has 2 aromatic carbocycles. The first-order valence-electron chi connectivity index (χ1n) is 17.3. The second-order valence-corrected chi connectivity index (χ2v) is 13.5. The van der Waals surface area contributed by atoms with E-state index in [-0.39, 0.29) is 28.4 Å². The zero-order valence-corrected chi connectivity index (χ0v) is 29.5. The summed E-state index contributed by atoms with van der Waals surface area (Å²) < 4.78 is 45.2. The lowest BCUT2D eigenvalue weighted by Crippen LogP contribution is -2.64. The first-order valence-corrected chi connectivity index (χ1v) is 17.3. The number of esters is 1. The van der Waals surface area contributed by atoms with Crippen molar-refractivity contribution in [2.24, 2.45) is 0 Å². The van der Waals surface area contributed by atoms with E-state index in [1.165, 1.54) is 31.2 Å². The largest absolute Gasteiger partial charge is 0.508 e. The number of carbonyl (C=O) groups excluding carboxylic acids is 1. The average molecular weight is 799 g/mol. The molecule has 6 rings (SSSR count). The molecule has 15 atom stereocenters. The number of benzene rings is 2. The molecule has 3 aliphatic rings. The van der Waals surface area contributed by atoms with Crippen LogP contribution >= 0.6 is 0 Å². The second kappa shape index (κ2) is 16.7. The molecule has 3 saturated heterocycles. The fourth-order valence-electron chi connectivity index (χ4n) is 6.41. The lowest BCUT2D eigenvalue weighted by Gasteiger charge is -2.45. The second-order valence-electron chi connectivity index (χ2n) is 13.5. The van der Waals surface area contributed by atoms with Gasteiger partial charge in [0.1, 0.15) is 95.9 Å². The van der Waals surface area contributed by atoms with Gasteiger partial charge >= 0.3 is 5.97 Å². The molecule has 3 aliphatic heterocycles. The number of aliphatic hydroxyl groups excluding tert-OH is 9. The van der Waals surface area contributed by atoms with E-state index in [1.807, 2.05) is 0 Å². The highest BCUT2D eigenvalue weighted by molar-refractivity contribution is 5.88. The van der Waals surface area contributed by atoms with Crippen LogP contribution in [0.5, 0.6) is 23.0 Å². The Labute approximate surface area is 315 Å². The minimum absolute atomic E-state index is 0.0823. The number of aromatic hydroxyl groups is 2. The number of fused-ring (bicyclic) bond motifs is 1. The fourth-order valence-corrected chi connectivity index (χ4v) is 6.41. The van der Waals surface area contributed by atoms with E-state index in [2.05, 4.69) is 0 Å². The van der Waals surface area contributed by atoms with Crippen molar-refractivity contribution < 1.29 is 98.5 Å². The predicted molar refractivity (Wildman–Crippen MR) is 181 cm³/mol. The summed E-state index contributed by atoms with van der Waals surface area (Å²) >= 11 is 0. The minimum atomic E-state index is -1.98. The van der Waals surface area contributed by atoms with Crippen molar-refractivity contribution in [2.75, 3.05) is 13.2 Å². The van der Waals surface area contributed by atoms with Gasteiger partial charge in [0.25, 0.3) is 0 Å². The predicted octanol–water partition coefficient (Wildman–Crippen LogP) is -3.35. The van der Waals surface area contributed by atoms with Crippen LogP contribution in [0.15, 0.2) is 45.6 Å². The van der Waals surface area contributed by atoms with Crippen LogP contribution in [0.25, 0.3) is 22.3 Å². The molecule has 21 nitrogen and oxygen atoms in total. The van der Waals surface area contributed by atoms with Gasteiger partial charge in [-0.15, -0.1) is 0 Å². The smallest absolute Gasteiger partial charge is 0.302 e. The molecule has 0 saturated carbocycles. The molecule has 308 valence electrons. The van der Waals surface area contributed by atoms with Crippen LogP contribution < -0.4 is 14.9 Å². The number of ether oxygens (including phenoxy) is 7. The maximum absolute atomic E-state index is 14.3. The monoisotopic (exact) mass is 798 g/mol. The third kappa shape index (κ3) is 8.13. The van der Waals surface area contributed by atoms with Gasteiger partial charge in [-0.3, -0.25) is 9.59 Å². The van der Waals surface area contributed by atoms with E-state index in [0.717, 1.165) is 19.1 Å². The molecule has 0 aliphatic carbocycles. The maximum Gasteiger partial charge on any atom is 0.302 e. The fraction of sp³-hybridized carbons (Fsp3) is 0.543. The SMILES string of the molecule is CC(=O)OC[C@@H]1O[C@H](Oc2c(-c3ccc(O)cc3)oc3cc(O[C@@H]4O[C@H](CO)[C@@H](O)[C@@H](O)[C@@H]4O)cc(O)c3c2=O)[C@@H](O[C@@H]2O[C@H](C)[C@H](O)[C@@H](O)[C@H]2O)[C@H](O)[C@H]1O. The van der Waals surface area contributed by atoms with E-state index >= 15 is 0 Å². The number of hydrogen-bond acceptors (Lipinski definition) is 21. The molecule has 0 unspecified atom stereocenters. The maximum atomic E-state index is 14.3. The Morgan fingerprint density at radius 2 is 1.36 bits per heavy atom. The molecule has 3 aromatic rings. The van der Waals surface area contributed by atoms with Gasteiger partial charge in [-0.1, -0.05) is 0 Å². The van der Waals surface area contributed by atoms with Crippen molar-refractivity contribution in [3.8, 4) is 34.3 Å². The van der Waals surface area contributed by atoms with Crippen molar-refractivity contribution >= 4 is 16.9 Å². The van der Waals surface area contributed by atoms with Crippen molar-refractivity contribution in [3.05, 3.63) is 46.6 Å². The number of hydrogen-bond donors (Lipinski definition) is 11. The molecule has 0 radical (unpaired) electrons. The molecule has 0 bridgehead atoms. The van der Waals surface area contributed by atoms with Crippen LogP contribution in [-0.2, 0) is 28.5 Å². The van der Waals surface area contributed by atoms with Crippen LogP contribution in [0.4, 0.5) is 0 Å². The molecule has 1 aromatic heterocycles. The van der Waals surface area contributed by atoms with Crippen molar-refractivity contribution in [1.82, 2.24) is 0 Å². The van der Waals surface area contributed by atoms with Gasteiger partial charge in [-0.2, -0.15) is 0 Å². The first-order chi connectivity index (χ1) is 26.5. The Kier molecular flexibility index (Phi) is 12.4. The van der Waals surface area contributed by atoms with Gasteiger partial charge in [0.05, 0.1) is 12.7 Å². The molecular weight excluding hydrogens is 756 g/mol. The Bertz CT molecular complexity index is 1900. The summed E-state index contributed by atoms with van der Waals surface area (Å²) in [6.07, 6.45) is -25.6. The quantitative estimate of drug-likeness (QED) is 0.0893.